The van der Waals surface area contributed by atoms with Crippen LogP contribution in [0.4, 0.5) is 10.1 Å². The zero-order valence-electron chi connectivity index (χ0n) is 17.9. The van der Waals surface area contributed by atoms with Crippen LogP contribution in [0.25, 0.3) is 0 Å². The number of likely N-dealkylation sites (tertiary alicyclic amines) is 1. The lowest BCUT2D eigenvalue weighted by atomic mass is 10.1. The van der Waals surface area contributed by atoms with Crippen LogP contribution in [-0.4, -0.2) is 56.5 Å². The molecule has 1 aliphatic rings. The molecule has 0 unspecified atom stereocenters. The zero-order valence-corrected chi connectivity index (χ0v) is 17.9. The molecule has 30 heavy (non-hydrogen) atoms. The number of benzene rings is 2. The van der Waals surface area contributed by atoms with Gasteiger partial charge in [0.1, 0.15) is 12.4 Å². The van der Waals surface area contributed by atoms with Gasteiger partial charge in [0.25, 0.3) is 0 Å². The summed E-state index contributed by atoms with van der Waals surface area (Å²) in [5.74, 6) is 0.691. The number of halogens is 1. The first-order valence-electron chi connectivity index (χ1n) is 10.8. The van der Waals surface area contributed by atoms with Crippen LogP contribution < -0.4 is 14.4 Å². The van der Waals surface area contributed by atoms with E-state index in [0.717, 1.165) is 36.6 Å². The monoisotopic (exact) mass is 416 g/mol. The number of rotatable bonds is 10. The number of hydrogen-bond acceptors (Lipinski definition) is 5. The molecule has 0 atom stereocenters. The van der Waals surface area contributed by atoms with Gasteiger partial charge in [-0.15, -0.1) is 0 Å². The van der Waals surface area contributed by atoms with Gasteiger partial charge < -0.3 is 19.5 Å². The number of anilines is 1. The Labute approximate surface area is 179 Å². The van der Waals surface area contributed by atoms with E-state index in [9.17, 15) is 9.50 Å². The number of hydrogen-bond donors (Lipinski definition) is 1. The summed E-state index contributed by atoms with van der Waals surface area (Å²) >= 11 is 0. The topological polar surface area (TPSA) is 45.2 Å². The molecule has 1 aliphatic heterocycles. The van der Waals surface area contributed by atoms with Crippen molar-refractivity contribution in [3.8, 4) is 11.5 Å². The first-order chi connectivity index (χ1) is 14.7. The third kappa shape index (κ3) is 6.61. The minimum atomic E-state index is -0.349. The first-order valence-corrected chi connectivity index (χ1v) is 10.8. The van der Waals surface area contributed by atoms with Gasteiger partial charge in [-0.25, -0.2) is 4.39 Å². The molecule has 1 saturated heterocycles. The van der Waals surface area contributed by atoms with Gasteiger partial charge in [-0.2, -0.15) is 0 Å². The lowest BCUT2D eigenvalue weighted by Crippen LogP contribution is -2.29. The van der Waals surface area contributed by atoms with Gasteiger partial charge in [0.2, 0.25) is 0 Å². The van der Waals surface area contributed by atoms with E-state index in [1.165, 1.54) is 31.7 Å². The van der Waals surface area contributed by atoms with Crippen LogP contribution in [0.2, 0.25) is 0 Å². The molecule has 2 aromatic rings. The Morgan fingerprint density at radius 3 is 2.57 bits per heavy atom. The van der Waals surface area contributed by atoms with E-state index in [1.54, 1.807) is 13.2 Å². The lowest BCUT2D eigenvalue weighted by molar-refractivity contribution is 0.209. The van der Waals surface area contributed by atoms with Crippen molar-refractivity contribution in [3.05, 3.63) is 53.8 Å². The molecular weight excluding hydrogens is 383 g/mol. The minimum absolute atomic E-state index is 0.0113. The van der Waals surface area contributed by atoms with E-state index < -0.39 is 0 Å². The molecule has 2 aromatic carbocycles. The van der Waals surface area contributed by atoms with Crippen LogP contribution >= 0.6 is 0 Å². The van der Waals surface area contributed by atoms with Crippen molar-refractivity contribution in [1.82, 2.24) is 4.90 Å². The third-order valence-electron chi connectivity index (χ3n) is 5.52. The van der Waals surface area contributed by atoms with Gasteiger partial charge in [-0.3, -0.25) is 4.90 Å². The van der Waals surface area contributed by atoms with E-state index in [1.807, 2.05) is 35.2 Å². The average Bonchev–Trinajstić information content (AvgIpc) is 3.04. The van der Waals surface area contributed by atoms with Gasteiger partial charge in [-0.05, 0) is 55.8 Å². The molecule has 1 heterocycles. The van der Waals surface area contributed by atoms with Crippen LogP contribution in [0.15, 0.2) is 42.5 Å². The summed E-state index contributed by atoms with van der Waals surface area (Å²) in [5.41, 5.74) is 1.74. The Morgan fingerprint density at radius 2 is 1.87 bits per heavy atom. The fraction of sp³-hybridized carbons (Fsp3) is 0.500. The van der Waals surface area contributed by atoms with Crippen molar-refractivity contribution in [3.63, 3.8) is 0 Å². The molecule has 164 valence electrons. The highest BCUT2D eigenvalue weighted by Crippen LogP contribution is 2.24. The SMILES string of the molecule is COc1cccc(N(CCO)Cc2ccc(OCCN3CCCCCC3)c(F)c2)c1. The maximum atomic E-state index is 14.6. The molecule has 5 nitrogen and oxygen atoms in total. The van der Waals surface area contributed by atoms with E-state index >= 15 is 0 Å². The largest absolute Gasteiger partial charge is 0.497 e. The highest BCUT2D eigenvalue weighted by molar-refractivity contribution is 5.51. The smallest absolute Gasteiger partial charge is 0.165 e. The number of nitrogens with zero attached hydrogens (tertiary/aromatic N) is 2. The van der Waals surface area contributed by atoms with E-state index in [2.05, 4.69) is 4.90 Å². The Balaban J connectivity index is 1.58. The molecule has 0 bridgehead atoms. The molecule has 6 heteroatoms. The van der Waals surface area contributed by atoms with E-state index in [4.69, 9.17) is 9.47 Å². The van der Waals surface area contributed by atoms with E-state index in [0.29, 0.717) is 25.4 Å². The Morgan fingerprint density at radius 1 is 1.07 bits per heavy atom. The average molecular weight is 417 g/mol. The summed E-state index contributed by atoms with van der Waals surface area (Å²) in [5, 5.41) is 9.45. The van der Waals surface area contributed by atoms with E-state index in [-0.39, 0.29) is 12.4 Å². The molecule has 1 fully saturated rings. The Hall–Kier alpha value is -2.31. The lowest BCUT2D eigenvalue weighted by Gasteiger charge is -2.25. The summed E-state index contributed by atoms with van der Waals surface area (Å²) < 4.78 is 25.6. The zero-order chi connectivity index (χ0) is 21.2. The summed E-state index contributed by atoms with van der Waals surface area (Å²) in [6.07, 6.45) is 5.08. The van der Waals surface area contributed by atoms with Crippen molar-refractivity contribution in [2.75, 3.05) is 51.4 Å². The molecule has 0 saturated carbocycles. The molecular formula is C24H33FN2O3. The summed E-state index contributed by atoms with van der Waals surface area (Å²) in [4.78, 5) is 4.40. The predicted octanol–water partition coefficient (Wildman–Crippen LogP) is 4.09. The van der Waals surface area contributed by atoms with Crippen LogP contribution in [0.5, 0.6) is 11.5 Å². The second-order valence-corrected chi connectivity index (χ2v) is 7.72. The van der Waals surface area contributed by atoms with Crippen molar-refractivity contribution in [1.29, 1.82) is 0 Å². The molecule has 0 radical (unpaired) electrons. The fourth-order valence-electron chi connectivity index (χ4n) is 3.85. The van der Waals surface area contributed by atoms with Gasteiger partial charge in [-0.1, -0.05) is 25.0 Å². The highest BCUT2D eigenvalue weighted by Gasteiger charge is 2.12. The maximum Gasteiger partial charge on any atom is 0.165 e. The number of aliphatic hydroxyl groups is 1. The quantitative estimate of drug-likeness (QED) is 0.632. The minimum Gasteiger partial charge on any atom is -0.497 e. The fourth-order valence-corrected chi connectivity index (χ4v) is 3.85. The second-order valence-electron chi connectivity index (χ2n) is 7.72. The number of ether oxygens (including phenoxy) is 2. The number of aliphatic hydroxyl groups excluding tert-OH is 1. The standard InChI is InChI=1S/C24H33FN2O3/c1-29-22-8-6-7-21(18-22)27(13-15-28)19-20-9-10-24(23(25)17-20)30-16-14-26-11-4-2-3-5-12-26/h6-10,17-18,28H,2-5,11-16,19H2,1H3. The highest BCUT2D eigenvalue weighted by atomic mass is 19.1. The molecule has 1 N–H and O–H groups in total. The molecule has 3 rings (SSSR count). The van der Waals surface area contributed by atoms with Crippen LogP contribution in [0, 0.1) is 5.82 Å². The molecule has 0 spiro atoms. The third-order valence-corrected chi connectivity index (χ3v) is 5.52. The Kier molecular flexibility index (Phi) is 8.78. The molecule has 0 aromatic heterocycles. The normalized spacial score (nSPS) is 14.9. The number of methoxy groups -OCH3 is 1. The van der Waals surface area contributed by atoms with Crippen LogP contribution in [-0.2, 0) is 6.54 Å². The summed E-state index contributed by atoms with van der Waals surface area (Å²) in [6.45, 7) is 4.49. The summed E-state index contributed by atoms with van der Waals surface area (Å²) in [6, 6.07) is 12.7. The summed E-state index contributed by atoms with van der Waals surface area (Å²) in [7, 11) is 1.62. The predicted molar refractivity (Wildman–Crippen MR) is 118 cm³/mol. The van der Waals surface area contributed by atoms with Gasteiger partial charge in [0, 0.05) is 31.4 Å². The molecule has 0 amide bonds. The van der Waals surface area contributed by atoms with Gasteiger partial charge in [0.15, 0.2) is 11.6 Å². The van der Waals surface area contributed by atoms with Crippen LogP contribution in [0.3, 0.4) is 0 Å². The van der Waals surface area contributed by atoms with Crippen LogP contribution in [0.1, 0.15) is 31.2 Å². The van der Waals surface area contributed by atoms with Crippen molar-refractivity contribution in [2.45, 2.75) is 32.2 Å². The van der Waals surface area contributed by atoms with Crippen molar-refractivity contribution < 1.29 is 19.0 Å². The van der Waals surface area contributed by atoms with Crippen molar-refractivity contribution >= 4 is 5.69 Å². The maximum absolute atomic E-state index is 14.6. The van der Waals surface area contributed by atoms with Gasteiger partial charge >= 0.3 is 0 Å². The molecule has 0 aliphatic carbocycles. The second kappa shape index (κ2) is 11.8. The Bertz CT molecular complexity index is 779. The first kappa shape index (κ1) is 22.4. The van der Waals surface area contributed by atoms with Gasteiger partial charge in [0.05, 0.1) is 13.7 Å². The van der Waals surface area contributed by atoms with Crippen molar-refractivity contribution in [2.24, 2.45) is 0 Å².